The van der Waals surface area contributed by atoms with E-state index in [1.165, 1.54) is 0 Å². The van der Waals surface area contributed by atoms with Crippen molar-refractivity contribution in [3.05, 3.63) is 62.8 Å². The number of aromatic nitrogens is 1. The molecule has 27 heavy (non-hydrogen) atoms. The number of aryl methyl sites for hydroxylation is 1. The Morgan fingerprint density at radius 1 is 1.33 bits per heavy atom. The lowest BCUT2D eigenvalue weighted by molar-refractivity contribution is -0.123. The van der Waals surface area contributed by atoms with Gasteiger partial charge in [-0.1, -0.05) is 29.8 Å². The summed E-state index contributed by atoms with van der Waals surface area (Å²) in [6.07, 6.45) is 14.1. The lowest BCUT2D eigenvalue weighted by atomic mass is 9.99. The summed E-state index contributed by atoms with van der Waals surface area (Å²) in [5.74, 6) is -0.817. The number of thiazole rings is 1. The molecular weight excluding hydrogens is 380 g/mol. The summed E-state index contributed by atoms with van der Waals surface area (Å²) in [7, 11) is 0. The van der Waals surface area contributed by atoms with Gasteiger partial charge in [0.25, 0.3) is 0 Å². The Balaban J connectivity index is 1.60. The monoisotopic (exact) mass is 398 g/mol. The molecule has 2 aliphatic carbocycles. The fraction of sp³-hybridized carbons (Fsp3) is 0.333. The number of carbonyl (C=O) groups excluding carboxylic acids is 2. The molecule has 2 atom stereocenters. The number of rotatable bonds is 3. The Morgan fingerprint density at radius 3 is 2.89 bits per heavy atom. The van der Waals surface area contributed by atoms with Gasteiger partial charge >= 0.3 is 0 Å². The fourth-order valence-electron chi connectivity index (χ4n) is 3.57. The number of ketones is 2. The molecule has 2 heterocycles. The fourth-order valence-corrected chi connectivity index (χ4v) is 4.78. The molecule has 0 spiro atoms. The van der Waals surface area contributed by atoms with E-state index in [4.69, 9.17) is 16.6 Å². The molecule has 4 nitrogen and oxygen atoms in total. The van der Waals surface area contributed by atoms with E-state index in [2.05, 4.69) is 4.99 Å². The van der Waals surface area contributed by atoms with Crippen molar-refractivity contribution in [3.63, 3.8) is 0 Å². The molecule has 1 saturated carbocycles. The third kappa shape index (κ3) is 3.66. The molecule has 1 fully saturated rings. The van der Waals surface area contributed by atoms with Crippen LogP contribution in [0.3, 0.4) is 0 Å². The van der Waals surface area contributed by atoms with Crippen LogP contribution in [0.15, 0.2) is 52.2 Å². The van der Waals surface area contributed by atoms with Crippen LogP contribution in [0.5, 0.6) is 0 Å². The third-order valence-corrected chi connectivity index (χ3v) is 6.41. The van der Waals surface area contributed by atoms with E-state index in [0.29, 0.717) is 11.3 Å². The molecule has 3 aliphatic rings. The molecule has 1 aromatic rings. The van der Waals surface area contributed by atoms with Gasteiger partial charge in [0.15, 0.2) is 11.6 Å². The van der Waals surface area contributed by atoms with Crippen LogP contribution in [0.1, 0.15) is 53.1 Å². The molecule has 1 aliphatic heterocycles. The van der Waals surface area contributed by atoms with Gasteiger partial charge in [-0.05, 0) is 38.3 Å². The summed E-state index contributed by atoms with van der Waals surface area (Å²) in [6, 6.07) is 0. The number of carbonyl (C=O) groups is 2. The van der Waals surface area contributed by atoms with Gasteiger partial charge in [0, 0.05) is 39.7 Å². The van der Waals surface area contributed by atoms with Gasteiger partial charge in [0.1, 0.15) is 10.9 Å². The summed E-state index contributed by atoms with van der Waals surface area (Å²) >= 11 is 7.55. The maximum Gasteiger partial charge on any atom is 0.175 e. The number of hydrogen-bond acceptors (Lipinski definition) is 5. The predicted octanol–water partition coefficient (Wildman–Crippen LogP) is 4.92. The maximum absolute atomic E-state index is 12.9. The Hall–Kier alpha value is -2.11. The Labute approximate surface area is 167 Å². The molecule has 0 saturated heterocycles. The molecule has 138 valence electrons. The molecule has 0 N–H and O–H groups in total. The summed E-state index contributed by atoms with van der Waals surface area (Å²) < 4.78 is 0. The van der Waals surface area contributed by atoms with Crippen LogP contribution in [-0.2, 0) is 9.59 Å². The normalized spacial score (nSPS) is 26.7. The van der Waals surface area contributed by atoms with Crippen molar-refractivity contribution in [3.8, 4) is 0 Å². The molecular formula is C21H19ClN2O2S. The minimum atomic E-state index is -0.771. The highest BCUT2D eigenvalue weighted by molar-refractivity contribution is 7.11. The first-order valence-electron chi connectivity index (χ1n) is 9.03. The zero-order valence-electron chi connectivity index (χ0n) is 14.9. The molecule has 4 rings (SSSR count). The summed E-state index contributed by atoms with van der Waals surface area (Å²) in [4.78, 5) is 35.5. The summed E-state index contributed by atoms with van der Waals surface area (Å²) in [6.45, 7) is 1.93. The summed E-state index contributed by atoms with van der Waals surface area (Å²) in [5.41, 5.74) is 2.04. The highest BCUT2D eigenvalue weighted by atomic mass is 35.5. The van der Waals surface area contributed by atoms with Gasteiger partial charge in [-0.25, -0.2) is 4.98 Å². The van der Waals surface area contributed by atoms with E-state index in [0.717, 1.165) is 39.9 Å². The van der Waals surface area contributed by atoms with Gasteiger partial charge in [-0.15, -0.1) is 11.3 Å². The number of Topliss-reactive ketones (excluding diaryl/α,β-unsaturated/α-hetero) is 2. The van der Waals surface area contributed by atoms with Crippen LogP contribution in [0, 0.1) is 6.92 Å². The Morgan fingerprint density at radius 2 is 2.19 bits per heavy atom. The second kappa shape index (κ2) is 7.49. The van der Waals surface area contributed by atoms with Gasteiger partial charge in [-0.3, -0.25) is 14.6 Å². The van der Waals surface area contributed by atoms with Gasteiger partial charge in [-0.2, -0.15) is 0 Å². The highest BCUT2D eigenvalue weighted by Crippen LogP contribution is 2.38. The first-order valence-corrected chi connectivity index (χ1v) is 10.2. The van der Waals surface area contributed by atoms with E-state index in [1.807, 2.05) is 31.2 Å². The van der Waals surface area contributed by atoms with Crippen molar-refractivity contribution in [1.82, 2.24) is 4.98 Å². The van der Waals surface area contributed by atoms with Crippen LogP contribution >= 0.6 is 22.9 Å². The van der Waals surface area contributed by atoms with Crippen molar-refractivity contribution >= 4 is 40.2 Å². The lowest BCUT2D eigenvalue weighted by Gasteiger charge is -2.10. The largest absolute Gasteiger partial charge is 0.298 e. The SMILES string of the molecule is Cc1sc(C2C=CC(Cl)=CC2)nc1C1C(=O)C/C(=C/C2=NC=CCC2)C1=O. The zero-order chi connectivity index (χ0) is 19.0. The van der Waals surface area contributed by atoms with Crippen molar-refractivity contribution < 1.29 is 9.59 Å². The first-order chi connectivity index (χ1) is 13.0. The van der Waals surface area contributed by atoms with Crippen molar-refractivity contribution in [1.29, 1.82) is 0 Å². The van der Waals surface area contributed by atoms with E-state index in [9.17, 15) is 9.59 Å². The number of hydrogen-bond donors (Lipinski definition) is 0. The van der Waals surface area contributed by atoms with Crippen LogP contribution in [-0.4, -0.2) is 22.3 Å². The Kier molecular flexibility index (Phi) is 5.06. The summed E-state index contributed by atoms with van der Waals surface area (Å²) in [5, 5.41) is 1.66. The number of halogens is 1. The molecule has 2 unspecified atom stereocenters. The molecule has 0 bridgehead atoms. The van der Waals surface area contributed by atoms with E-state index in [1.54, 1.807) is 23.6 Å². The zero-order valence-corrected chi connectivity index (χ0v) is 16.5. The van der Waals surface area contributed by atoms with Gasteiger partial charge < -0.3 is 0 Å². The average Bonchev–Trinajstić information content (AvgIpc) is 3.16. The predicted molar refractivity (Wildman–Crippen MR) is 109 cm³/mol. The minimum Gasteiger partial charge on any atom is -0.298 e. The van der Waals surface area contributed by atoms with E-state index in [-0.39, 0.29) is 23.9 Å². The lowest BCUT2D eigenvalue weighted by Crippen LogP contribution is -2.14. The molecule has 0 aromatic carbocycles. The second-order valence-electron chi connectivity index (χ2n) is 6.94. The number of allylic oxidation sites excluding steroid dienone is 7. The van der Waals surface area contributed by atoms with Gasteiger partial charge in [0.05, 0.1) is 5.69 Å². The van der Waals surface area contributed by atoms with Crippen LogP contribution in [0.2, 0.25) is 0 Å². The molecule has 0 radical (unpaired) electrons. The molecule has 0 amide bonds. The molecule has 1 aromatic heterocycles. The maximum atomic E-state index is 12.9. The van der Waals surface area contributed by atoms with E-state index < -0.39 is 5.92 Å². The second-order valence-corrected chi connectivity index (χ2v) is 8.61. The first kappa shape index (κ1) is 18.3. The standard InChI is InChI=1S/C21H19ClN2O2S/c1-12-19(24-21(27-12)13-5-7-15(22)8-6-13)18-17(25)11-14(20(18)26)10-16-4-2-3-9-23-16/h3,5,7-10,13,18H,2,4,6,11H2,1H3/b14-10-. The quantitative estimate of drug-likeness (QED) is 0.536. The minimum absolute atomic E-state index is 0.0692. The van der Waals surface area contributed by atoms with Crippen molar-refractivity contribution in [2.75, 3.05) is 0 Å². The van der Waals surface area contributed by atoms with Crippen molar-refractivity contribution in [2.45, 2.75) is 44.4 Å². The highest BCUT2D eigenvalue weighted by Gasteiger charge is 2.41. The average molecular weight is 399 g/mol. The van der Waals surface area contributed by atoms with Crippen LogP contribution in [0.25, 0.3) is 0 Å². The van der Waals surface area contributed by atoms with Crippen molar-refractivity contribution in [2.24, 2.45) is 4.99 Å². The number of aliphatic imine (C=N–C) groups is 1. The topological polar surface area (TPSA) is 59.4 Å². The third-order valence-electron chi connectivity index (χ3n) is 5.01. The Bertz CT molecular complexity index is 965. The molecule has 6 heteroatoms. The van der Waals surface area contributed by atoms with Crippen LogP contribution in [0.4, 0.5) is 0 Å². The van der Waals surface area contributed by atoms with Crippen LogP contribution < -0.4 is 0 Å². The van der Waals surface area contributed by atoms with Gasteiger partial charge in [0.2, 0.25) is 0 Å². The smallest absolute Gasteiger partial charge is 0.175 e. The number of nitrogens with zero attached hydrogens (tertiary/aromatic N) is 2. The van der Waals surface area contributed by atoms with E-state index >= 15 is 0 Å².